The van der Waals surface area contributed by atoms with Crippen LogP contribution in [0.25, 0.3) is 0 Å². The highest BCUT2D eigenvalue weighted by atomic mass is 19.4. The van der Waals surface area contributed by atoms with Crippen molar-refractivity contribution >= 4 is 23.8 Å². The van der Waals surface area contributed by atoms with E-state index in [9.17, 15) is 37.5 Å². The van der Waals surface area contributed by atoms with E-state index in [1.54, 1.807) is 0 Å². The maximum Gasteiger partial charge on any atom is 0.416 e. The minimum Gasteiger partial charge on any atom is -0.480 e. The van der Waals surface area contributed by atoms with Crippen LogP contribution in [0.3, 0.4) is 0 Å². The Morgan fingerprint density at radius 2 is 1.52 bits per heavy atom. The first-order valence-electron chi connectivity index (χ1n) is 8.26. The Morgan fingerprint density at radius 1 is 1.03 bits per heavy atom. The Morgan fingerprint density at radius 3 is 1.90 bits per heavy atom. The lowest BCUT2D eigenvalue weighted by atomic mass is 9.87. The van der Waals surface area contributed by atoms with E-state index in [1.165, 1.54) is 6.92 Å². The van der Waals surface area contributed by atoms with Crippen LogP contribution in [0.5, 0.6) is 0 Å². The summed E-state index contributed by atoms with van der Waals surface area (Å²) in [4.78, 5) is 47.5. The molecule has 0 radical (unpaired) electrons. The van der Waals surface area contributed by atoms with Crippen LogP contribution in [0.1, 0.15) is 18.1 Å². The molecule has 0 heterocycles. The van der Waals surface area contributed by atoms with Crippen LogP contribution in [0.4, 0.5) is 13.2 Å². The van der Waals surface area contributed by atoms with Gasteiger partial charge in [-0.1, -0.05) is 19.1 Å². The minimum absolute atomic E-state index is 0.213. The molecular weight excluding hydrogens is 399 g/mol. The number of alkyl halides is 3. The number of hydrogen-bond donors (Lipinski definition) is 2. The van der Waals surface area contributed by atoms with Crippen LogP contribution in [0, 0.1) is 11.8 Å². The first kappa shape index (κ1) is 23.9. The quantitative estimate of drug-likeness (QED) is 0.483. The van der Waals surface area contributed by atoms with E-state index in [-0.39, 0.29) is 5.56 Å². The highest BCUT2D eigenvalue weighted by Crippen LogP contribution is 2.29. The third kappa shape index (κ3) is 6.47. The van der Waals surface area contributed by atoms with Crippen LogP contribution in [-0.2, 0) is 41.2 Å². The summed E-state index contributed by atoms with van der Waals surface area (Å²) in [6.45, 7) is 1.25. The summed E-state index contributed by atoms with van der Waals surface area (Å²) in [5.41, 5.74) is -0.678. The smallest absolute Gasteiger partial charge is 0.416 e. The van der Waals surface area contributed by atoms with Gasteiger partial charge in [-0.15, -0.1) is 0 Å². The van der Waals surface area contributed by atoms with Crippen molar-refractivity contribution in [1.82, 2.24) is 5.32 Å². The fraction of sp³-hybridized carbons (Fsp3) is 0.444. The van der Waals surface area contributed by atoms with Gasteiger partial charge in [0.05, 0.1) is 26.2 Å². The molecule has 0 saturated carbocycles. The summed E-state index contributed by atoms with van der Waals surface area (Å²) in [5, 5.41) is 11.6. The Kier molecular flexibility index (Phi) is 8.16. The zero-order valence-corrected chi connectivity index (χ0v) is 15.8. The molecule has 0 aromatic heterocycles. The summed E-state index contributed by atoms with van der Waals surface area (Å²) < 4.78 is 46.7. The topological polar surface area (TPSA) is 119 Å². The molecule has 1 amide bonds. The third-order valence-electron chi connectivity index (χ3n) is 4.19. The lowest BCUT2D eigenvalue weighted by molar-refractivity contribution is -0.163. The fourth-order valence-corrected chi connectivity index (χ4v) is 2.61. The Labute approximate surface area is 164 Å². The highest BCUT2D eigenvalue weighted by Gasteiger charge is 2.42. The van der Waals surface area contributed by atoms with Gasteiger partial charge in [0.1, 0.15) is 6.04 Å². The molecule has 2 atom stereocenters. The van der Waals surface area contributed by atoms with E-state index in [4.69, 9.17) is 0 Å². The zero-order chi connectivity index (χ0) is 22.4. The Hall–Kier alpha value is -3.11. The van der Waals surface area contributed by atoms with E-state index < -0.39 is 59.9 Å². The summed E-state index contributed by atoms with van der Waals surface area (Å²) in [6.07, 6.45) is -4.93. The Bertz CT molecular complexity index is 746. The number of carboxylic acid groups (broad SMARTS) is 1. The average molecular weight is 419 g/mol. The lowest BCUT2D eigenvalue weighted by Crippen LogP contribution is -2.50. The molecule has 1 aromatic carbocycles. The fourth-order valence-electron chi connectivity index (χ4n) is 2.61. The number of halogens is 3. The van der Waals surface area contributed by atoms with Crippen molar-refractivity contribution in [1.29, 1.82) is 0 Å². The number of carbonyl (C=O) groups is 4. The molecular formula is C18H20F3NO7. The molecule has 0 unspecified atom stereocenters. The maximum atomic E-state index is 12.6. The number of hydrogen-bond acceptors (Lipinski definition) is 6. The van der Waals surface area contributed by atoms with Gasteiger partial charge in [0, 0.05) is 5.92 Å². The number of aliphatic carboxylic acids is 1. The molecule has 0 bridgehead atoms. The van der Waals surface area contributed by atoms with Crippen LogP contribution in [-0.4, -0.2) is 49.2 Å². The lowest BCUT2D eigenvalue weighted by Gasteiger charge is -2.26. The number of methoxy groups -OCH3 is 2. The van der Waals surface area contributed by atoms with E-state index in [0.29, 0.717) is 0 Å². The van der Waals surface area contributed by atoms with Crippen LogP contribution < -0.4 is 5.32 Å². The van der Waals surface area contributed by atoms with E-state index in [0.717, 1.165) is 38.5 Å². The van der Waals surface area contributed by atoms with Gasteiger partial charge in [-0.05, 0) is 17.7 Å². The number of rotatable bonds is 8. The second kappa shape index (κ2) is 9.89. The van der Waals surface area contributed by atoms with Crippen molar-refractivity contribution in [3.63, 3.8) is 0 Å². The number of nitrogens with one attached hydrogen (secondary N) is 1. The van der Waals surface area contributed by atoms with Crippen molar-refractivity contribution in [3.05, 3.63) is 35.4 Å². The largest absolute Gasteiger partial charge is 0.480 e. The molecule has 0 spiro atoms. The number of carbonyl (C=O) groups excluding carboxylic acids is 3. The summed E-state index contributed by atoms with van der Waals surface area (Å²) >= 11 is 0. The van der Waals surface area contributed by atoms with Gasteiger partial charge in [0.15, 0.2) is 5.92 Å². The van der Waals surface area contributed by atoms with Gasteiger partial charge >= 0.3 is 24.1 Å². The maximum absolute atomic E-state index is 12.6. The molecule has 29 heavy (non-hydrogen) atoms. The van der Waals surface area contributed by atoms with Crippen molar-refractivity contribution < 1.29 is 46.9 Å². The molecule has 11 heteroatoms. The monoisotopic (exact) mass is 419 g/mol. The Balaban J connectivity index is 2.94. The van der Waals surface area contributed by atoms with Gasteiger partial charge in [-0.2, -0.15) is 13.2 Å². The summed E-state index contributed by atoms with van der Waals surface area (Å²) in [7, 11) is 2.01. The van der Waals surface area contributed by atoms with Crippen LogP contribution in [0.2, 0.25) is 0 Å². The predicted octanol–water partition coefficient (Wildman–Crippen LogP) is 1.42. The molecule has 0 saturated heterocycles. The van der Waals surface area contributed by atoms with Crippen molar-refractivity contribution in [2.24, 2.45) is 11.8 Å². The van der Waals surface area contributed by atoms with Crippen LogP contribution >= 0.6 is 0 Å². The number of ether oxygens (including phenoxy) is 2. The molecule has 0 fully saturated rings. The summed E-state index contributed by atoms with van der Waals surface area (Å²) in [5.74, 6) is -7.24. The predicted molar refractivity (Wildman–Crippen MR) is 91.4 cm³/mol. The van der Waals surface area contributed by atoms with Crippen molar-refractivity contribution in [3.8, 4) is 0 Å². The standard InChI is InChI=1S/C18H20F3NO7/c1-9(13(16(26)28-2)17(27)29-3)14(15(24)25)22-12(23)8-10-4-6-11(7-5-10)18(19,20)21/h4-7,9,13-14H,8H2,1-3H3,(H,22,23)(H,24,25)/t9-,14-/m0/s1. The SMILES string of the molecule is COC(=O)C(C(=O)OC)[C@H](C)[C@H](NC(=O)Cc1ccc(C(F)(F)F)cc1)C(=O)O. The molecule has 2 N–H and O–H groups in total. The third-order valence-corrected chi connectivity index (χ3v) is 4.19. The molecule has 0 aliphatic carbocycles. The van der Waals surface area contributed by atoms with Gasteiger partial charge in [0.25, 0.3) is 0 Å². The minimum atomic E-state index is -4.53. The van der Waals surface area contributed by atoms with Crippen LogP contribution in [0.15, 0.2) is 24.3 Å². The van der Waals surface area contributed by atoms with Gasteiger partial charge in [-0.25, -0.2) is 4.79 Å². The van der Waals surface area contributed by atoms with E-state index >= 15 is 0 Å². The van der Waals surface area contributed by atoms with E-state index in [2.05, 4.69) is 14.8 Å². The number of esters is 2. The summed E-state index contributed by atoms with van der Waals surface area (Å²) in [6, 6.07) is 2.12. The number of amides is 1. The van der Waals surface area contributed by atoms with E-state index in [1.807, 2.05) is 0 Å². The molecule has 1 aromatic rings. The first-order chi connectivity index (χ1) is 13.4. The van der Waals surface area contributed by atoms with Gasteiger partial charge < -0.3 is 19.9 Å². The second-order valence-corrected chi connectivity index (χ2v) is 6.14. The molecule has 160 valence electrons. The molecule has 0 aliphatic heterocycles. The average Bonchev–Trinajstić information content (AvgIpc) is 2.65. The second-order valence-electron chi connectivity index (χ2n) is 6.14. The molecule has 0 aliphatic rings. The van der Waals surface area contributed by atoms with Gasteiger partial charge in [0.2, 0.25) is 5.91 Å². The first-order valence-corrected chi connectivity index (χ1v) is 8.26. The number of carboxylic acids is 1. The number of benzene rings is 1. The van der Waals surface area contributed by atoms with Crippen molar-refractivity contribution in [2.75, 3.05) is 14.2 Å². The normalized spacial score (nSPS) is 13.3. The highest BCUT2D eigenvalue weighted by molar-refractivity contribution is 5.96. The zero-order valence-electron chi connectivity index (χ0n) is 15.8. The molecule has 8 nitrogen and oxygen atoms in total. The molecule has 1 rings (SSSR count). The van der Waals surface area contributed by atoms with Crippen molar-refractivity contribution in [2.45, 2.75) is 25.6 Å². The van der Waals surface area contributed by atoms with Gasteiger partial charge in [-0.3, -0.25) is 14.4 Å².